The topological polar surface area (TPSA) is 74.3 Å². The van der Waals surface area contributed by atoms with E-state index in [2.05, 4.69) is 53.5 Å². The SMILES string of the molecule is COC(=O)[C@@H]1CCN2C(=O)C(O[Si](C)(C)C)=C(O[Si](C)(C)C)[C@]12O[Si](C)(C)C(C)(C)C. The lowest BCUT2D eigenvalue weighted by Crippen LogP contribution is -2.60. The first kappa shape index (κ1) is 26.1. The first-order valence-corrected chi connectivity index (χ1v) is 20.7. The van der Waals surface area contributed by atoms with Crippen molar-refractivity contribution in [2.24, 2.45) is 5.92 Å². The largest absolute Gasteiger partial charge is 0.541 e. The molecule has 0 bridgehead atoms. The minimum absolute atomic E-state index is 0.133. The van der Waals surface area contributed by atoms with Crippen LogP contribution in [-0.4, -0.2) is 61.1 Å². The quantitative estimate of drug-likeness (QED) is 0.384. The standard InChI is InChI=1S/C21H41NO6Si3/c1-20(2,3)31(11,12)28-21-15(19(24)25-4)13-14-22(21)18(23)16(26-29(5,6)7)17(21)27-30(8,9)10/h15H,13-14H2,1-12H3/t15-,21+/m0/s1. The molecule has 10 heteroatoms. The number of esters is 1. The number of ether oxygens (including phenoxy) is 1. The highest BCUT2D eigenvalue weighted by molar-refractivity contribution is 6.74. The Kier molecular flexibility index (Phi) is 6.78. The number of hydrogen-bond acceptors (Lipinski definition) is 6. The van der Waals surface area contributed by atoms with Crippen LogP contribution in [0.3, 0.4) is 0 Å². The average Bonchev–Trinajstić information content (AvgIpc) is 3.00. The summed E-state index contributed by atoms with van der Waals surface area (Å²) < 4.78 is 25.1. The van der Waals surface area contributed by atoms with Gasteiger partial charge >= 0.3 is 5.97 Å². The van der Waals surface area contributed by atoms with Gasteiger partial charge in [0.2, 0.25) is 28.1 Å². The van der Waals surface area contributed by atoms with Gasteiger partial charge in [-0.25, -0.2) is 0 Å². The van der Waals surface area contributed by atoms with Gasteiger partial charge in [-0.2, -0.15) is 0 Å². The van der Waals surface area contributed by atoms with Gasteiger partial charge in [-0.15, -0.1) is 0 Å². The molecule has 7 nitrogen and oxygen atoms in total. The third kappa shape index (κ3) is 4.96. The summed E-state index contributed by atoms with van der Waals surface area (Å²) in [5, 5.41) is -0.133. The van der Waals surface area contributed by atoms with E-state index in [9.17, 15) is 9.59 Å². The summed E-state index contributed by atoms with van der Waals surface area (Å²) in [6.07, 6.45) is 0.464. The van der Waals surface area contributed by atoms with Crippen molar-refractivity contribution in [1.29, 1.82) is 0 Å². The van der Waals surface area contributed by atoms with Crippen LogP contribution in [0.1, 0.15) is 27.2 Å². The van der Waals surface area contributed by atoms with Gasteiger partial charge in [-0.05, 0) is 63.8 Å². The normalized spacial score (nSPS) is 25.1. The van der Waals surface area contributed by atoms with Crippen LogP contribution in [0.25, 0.3) is 0 Å². The van der Waals surface area contributed by atoms with Gasteiger partial charge in [0.1, 0.15) is 5.92 Å². The molecule has 2 heterocycles. The van der Waals surface area contributed by atoms with Crippen molar-refractivity contribution in [3.8, 4) is 0 Å². The maximum atomic E-state index is 13.6. The molecule has 1 fully saturated rings. The Hall–Kier alpha value is -1.11. The molecule has 0 saturated carbocycles. The molecule has 1 saturated heterocycles. The monoisotopic (exact) mass is 487 g/mol. The third-order valence-corrected chi connectivity index (χ3v) is 12.1. The molecule has 0 aromatic carbocycles. The lowest BCUT2D eigenvalue weighted by atomic mass is 9.95. The molecule has 2 aliphatic rings. The minimum Gasteiger partial charge on any atom is -0.541 e. The number of nitrogens with zero attached hydrogens (tertiary/aromatic N) is 1. The van der Waals surface area contributed by atoms with Gasteiger partial charge in [0.15, 0.2) is 14.1 Å². The number of amides is 1. The van der Waals surface area contributed by atoms with Crippen molar-refractivity contribution in [2.45, 2.75) is 90.3 Å². The van der Waals surface area contributed by atoms with Crippen LogP contribution in [-0.2, 0) is 27.6 Å². The Labute approximate surface area is 190 Å². The van der Waals surface area contributed by atoms with Gasteiger partial charge in [0.05, 0.1) is 7.11 Å². The molecule has 2 rings (SSSR count). The highest BCUT2D eigenvalue weighted by atomic mass is 28.4. The smallest absolute Gasteiger partial charge is 0.314 e. The zero-order valence-corrected chi connectivity index (χ0v) is 24.4. The predicted octanol–water partition coefficient (Wildman–Crippen LogP) is 4.65. The molecule has 31 heavy (non-hydrogen) atoms. The van der Waals surface area contributed by atoms with Gasteiger partial charge < -0.3 is 22.9 Å². The van der Waals surface area contributed by atoms with Crippen LogP contribution >= 0.6 is 0 Å². The molecule has 0 N–H and O–H groups in total. The van der Waals surface area contributed by atoms with Crippen molar-refractivity contribution < 1.29 is 27.6 Å². The van der Waals surface area contributed by atoms with Crippen LogP contribution in [0.2, 0.25) is 57.4 Å². The summed E-state index contributed by atoms with van der Waals surface area (Å²) >= 11 is 0. The summed E-state index contributed by atoms with van der Waals surface area (Å²) in [5.74, 6) is -0.698. The Morgan fingerprint density at radius 3 is 1.94 bits per heavy atom. The van der Waals surface area contributed by atoms with E-state index in [1.807, 2.05) is 19.6 Å². The molecule has 0 radical (unpaired) electrons. The summed E-state index contributed by atoms with van der Waals surface area (Å²) in [5.41, 5.74) is -1.32. The van der Waals surface area contributed by atoms with Crippen LogP contribution in [0.15, 0.2) is 11.5 Å². The number of methoxy groups -OCH3 is 1. The maximum absolute atomic E-state index is 13.6. The van der Waals surface area contributed by atoms with E-state index in [-0.39, 0.29) is 22.7 Å². The van der Waals surface area contributed by atoms with Crippen LogP contribution in [0, 0.1) is 5.92 Å². The Balaban J connectivity index is 2.82. The molecule has 0 aliphatic carbocycles. The maximum Gasteiger partial charge on any atom is 0.314 e. The number of rotatable bonds is 7. The van der Waals surface area contributed by atoms with Gasteiger partial charge in [0, 0.05) is 6.54 Å². The van der Waals surface area contributed by atoms with Crippen molar-refractivity contribution in [2.75, 3.05) is 13.7 Å². The summed E-state index contributed by atoms with van der Waals surface area (Å²) in [7, 11) is -5.40. The van der Waals surface area contributed by atoms with Crippen molar-refractivity contribution in [3.63, 3.8) is 0 Å². The molecule has 2 atom stereocenters. The Morgan fingerprint density at radius 2 is 1.52 bits per heavy atom. The summed E-state index contributed by atoms with van der Waals surface area (Å²) in [6.45, 7) is 23.3. The molecule has 0 unspecified atom stereocenters. The second-order valence-corrected chi connectivity index (χ2v) is 25.5. The van der Waals surface area contributed by atoms with E-state index >= 15 is 0 Å². The predicted molar refractivity (Wildman–Crippen MR) is 129 cm³/mol. The molecule has 1 amide bonds. The Morgan fingerprint density at radius 1 is 1.00 bits per heavy atom. The number of hydrogen-bond donors (Lipinski definition) is 0. The first-order chi connectivity index (χ1) is 13.8. The molecule has 0 spiro atoms. The third-order valence-electron chi connectivity index (χ3n) is 6.00. The molecule has 2 aliphatic heterocycles. The van der Waals surface area contributed by atoms with E-state index in [0.29, 0.717) is 18.7 Å². The molecule has 0 aromatic rings. The van der Waals surface area contributed by atoms with Crippen molar-refractivity contribution >= 4 is 36.8 Å². The van der Waals surface area contributed by atoms with Crippen molar-refractivity contribution in [1.82, 2.24) is 4.90 Å². The van der Waals surface area contributed by atoms with Crippen molar-refractivity contribution in [3.05, 3.63) is 11.5 Å². The zero-order chi connectivity index (χ0) is 24.2. The lowest BCUT2D eigenvalue weighted by Gasteiger charge is -2.47. The number of fused-ring (bicyclic) bond motifs is 1. The molecular weight excluding hydrogens is 446 g/mol. The fraction of sp³-hybridized carbons (Fsp3) is 0.810. The van der Waals surface area contributed by atoms with Crippen LogP contribution in [0.4, 0.5) is 0 Å². The fourth-order valence-electron chi connectivity index (χ4n) is 3.68. The molecule has 178 valence electrons. The molecular formula is C21H41NO6Si3. The van der Waals surface area contributed by atoms with Crippen LogP contribution in [0.5, 0.6) is 0 Å². The van der Waals surface area contributed by atoms with E-state index in [0.717, 1.165) is 0 Å². The second kappa shape index (κ2) is 8.03. The average molecular weight is 488 g/mol. The van der Waals surface area contributed by atoms with Gasteiger partial charge in [0.25, 0.3) is 5.91 Å². The number of carbonyl (C=O) groups excluding carboxylic acids is 2. The van der Waals surface area contributed by atoms with Gasteiger partial charge in [-0.3, -0.25) is 9.59 Å². The zero-order valence-electron chi connectivity index (χ0n) is 21.4. The molecule has 0 aromatic heterocycles. The highest BCUT2D eigenvalue weighted by Gasteiger charge is 2.68. The van der Waals surface area contributed by atoms with E-state index in [4.69, 9.17) is 18.0 Å². The van der Waals surface area contributed by atoms with E-state index < -0.39 is 36.6 Å². The summed E-state index contributed by atoms with van der Waals surface area (Å²) in [4.78, 5) is 28.3. The lowest BCUT2D eigenvalue weighted by molar-refractivity contribution is -0.161. The van der Waals surface area contributed by atoms with Gasteiger partial charge in [-0.1, -0.05) is 20.8 Å². The first-order valence-electron chi connectivity index (χ1n) is 11.0. The minimum atomic E-state index is -2.45. The van der Waals surface area contributed by atoms with E-state index in [1.54, 1.807) is 4.90 Å². The highest BCUT2D eigenvalue weighted by Crippen LogP contribution is 2.54. The second-order valence-electron chi connectivity index (χ2n) is 12.0. The summed E-state index contributed by atoms with van der Waals surface area (Å²) in [6, 6.07) is 0. The van der Waals surface area contributed by atoms with E-state index in [1.165, 1.54) is 7.11 Å². The fourth-order valence-corrected chi connectivity index (χ4v) is 6.75. The Bertz CT molecular complexity index is 775. The van der Waals surface area contributed by atoms with Crippen LogP contribution < -0.4 is 0 Å². The number of carbonyl (C=O) groups is 2.